The lowest BCUT2D eigenvalue weighted by Gasteiger charge is -2.35. The molecule has 0 saturated heterocycles. The summed E-state index contributed by atoms with van der Waals surface area (Å²) in [7, 11) is 0. The van der Waals surface area contributed by atoms with Crippen LogP contribution >= 0.6 is 0 Å². The molecule has 60 heavy (non-hydrogen) atoms. The third-order valence-electron chi connectivity index (χ3n) is 13.9. The summed E-state index contributed by atoms with van der Waals surface area (Å²) in [6.45, 7) is 13.8. The number of unbranched alkanes of at least 4 members (excludes halogenated alkanes) is 11. The molecule has 2 nitrogen and oxygen atoms in total. The second-order valence-electron chi connectivity index (χ2n) is 18.3. The molecule has 0 bridgehead atoms. The van der Waals surface area contributed by atoms with Gasteiger partial charge < -0.3 is 9.64 Å². The van der Waals surface area contributed by atoms with Crippen LogP contribution < -0.4 is 9.64 Å². The van der Waals surface area contributed by atoms with E-state index in [9.17, 15) is 0 Å². The minimum absolute atomic E-state index is 0.00364. The molecule has 6 aromatic rings. The van der Waals surface area contributed by atoms with Gasteiger partial charge in [-0.05, 0) is 144 Å². The minimum Gasteiger partial charge on any atom is -0.453 e. The molecule has 312 valence electrons. The summed E-state index contributed by atoms with van der Waals surface area (Å²) in [6.07, 6.45) is 21.8. The van der Waals surface area contributed by atoms with Gasteiger partial charge in [0.1, 0.15) is 0 Å². The molecule has 1 heterocycles. The van der Waals surface area contributed by atoms with E-state index in [0.717, 1.165) is 29.3 Å². The zero-order valence-electron chi connectivity index (χ0n) is 37.7. The highest BCUT2D eigenvalue weighted by Gasteiger charge is 2.45. The Balaban J connectivity index is 1.27. The van der Waals surface area contributed by atoms with Crippen molar-refractivity contribution in [1.29, 1.82) is 0 Å². The van der Waals surface area contributed by atoms with Gasteiger partial charge in [0.2, 0.25) is 0 Å². The van der Waals surface area contributed by atoms with Gasteiger partial charge in [-0.2, -0.15) is 0 Å². The summed E-state index contributed by atoms with van der Waals surface area (Å²) >= 11 is 0. The Morgan fingerprint density at radius 2 is 1.08 bits per heavy atom. The molecule has 0 aromatic heterocycles. The normalized spacial score (nSPS) is 13.5. The third-order valence-corrected chi connectivity index (χ3v) is 13.9. The molecule has 8 rings (SSSR count). The number of hydrogen-bond donors (Lipinski definition) is 0. The van der Waals surface area contributed by atoms with E-state index in [0.29, 0.717) is 0 Å². The van der Waals surface area contributed by atoms with Crippen LogP contribution in [0.15, 0.2) is 103 Å². The van der Waals surface area contributed by atoms with Gasteiger partial charge in [0.25, 0.3) is 0 Å². The number of nitrogens with zero attached hydrogens (tertiary/aromatic N) is 1. The average molecular weight is 796 g/mol. The number of aryl methyl sites for hydroxylation is 3. The molecule has 0 N–H and O–H groups in total. The van der Waals surface area contributed by atoms with E-state index in [4.69, 9.17) is 4.74 Å². The van der Waals surface area contributed by atoms with E-state index in [1.54, 1.807) is 11.1 Å². The summed E-state index contributed by atoms with van der Waals surface area (Å²) in [5.74, 6) is 1.82. The smallest absolute Gasteiger partial charge is 0.152 e. The summed E-state index contributed by atoms with van der Waals surface area (Å²) < 4.78 is 6.94. The molecule has 1 aliphatic heterocycles. The zero-order chi connectivity index (χ0) is 41.6. The molecule has 0 spiro atoms. The molecule has 0 unspecified atom stereocenters. The zero-order valence-corrected chi connectivity index (χ0v) is 37.7. The first-order valence-electron chi connectivity index (χ1n) is 23.9. The topological polar surface area (TPSA) is 12.5 Å². The number of fused-ring (bicyclic) bond motifs is 7. The molecule has 2 aliphatic rings. The highest BCUT2D eigenvalue weighted by Crippen LogP contribution is 2.60. The van der Waals surface area contributed by atoms with Crippen molar-refractivity contribution in [2.45, 2.75) is 156 Å². The molecule has 1 aliphatic carbocycles. The van der Waals surface area contributed by atoms with Gasteiger partial charge in [0, 0.05) is 11.1 Å². The fourth-order valence-electron chi connectivity index (χ4n) is 10.8. The van der Waals surface area contributed by atoms with Crippen molar-refractivity contribution in [1.82, 2.24) is 0 Å². The molecule has 0 saturated carbocycles. The van der Waals surface area contributed by atoms with E-state index < -0.39 is 0 Å². The van der Waals surface area contributed by atoms with Crippen LogP contribution in [0.4, 0.5) is 17.1 Å². The van der Waals surface area contributed by atoms with Gasteiger partial charge in [0.05, 0.1) is 11.4 Å². The van der Waals surface area contributed by atoms with Gasteiger partial charge in [-0.3, -0.25) is 0 Å². The molecule has 0 fully saturated rings. The fraction of sp³-hybridized carbons (Fsp3) is 0.414. The highest BCUT2D eigenvalue weighted by atomic mass is 16.5. The molecule has 2 heteroatoms. The fourth-order valence-corrected chi connectivity index (χ4v) is 10.8. The molecule has 0 amide bonds. The number of hydrogen-bond acceptors (Lipinski definition) is 2. The van der Waals surface area contributed by atoms with Gasteiger partial charge in [-0.15, -0.1) is 0 Å². The Kier molecular flexibility index (Phi) is 13.2. The number of rotatable bonds is 19. The predicted octanol–water partition coefficient (Wildman–Crippen LogP) is 18.1. The van der Waals surface area contributed by atoms with Crippen LogP contribution in [0.3, 0.4) is 0 Å². The highest BCUT2D eigenvalue weighted by molar-refractivity contribution is 6.11. The Morgan fingerprint density at radius 1 is 0.517 bits per heavy atom. The molecular formula is C58H69NO. The maximum Gasteiger partial charge on any atom is 0.152 e. The maximum atomic E-state index is 6.94. The van der Waals surface area contributed by atoms with Crippen molar-refractivity contribution < 1.29 is 4.74 Å². The SMILES string of the molecule is CCCCCCCCC1(CCCCCCCC)c2cc(C)ccc2-c2c1c(C)c(-c1ccc3c(c1)Oc1cc(C)ccc1N3c1ccc(CCCC)cc1)c1ccccc21. The van der Waals surface area contributed by atoms with Crippen LogP contribution in [0.5, 0.6) is 11.5 Å². The summed E-state index contributed by atoms with van der Waals surface area (Å²) in [5.41, 5.74) is 17.5. The first-order valence-corrected chi connectivity index (χ1v) is 23.9. The van der Waals surface area contributed by atoms with Crippen molar-refractivity contribution in [3.63, 3.8) is 0 Å². The van der Waals surface area contributed by atoms with E-state index in [2.05, 4.69) is 150 Å². The second kappa shape index (κ2) is 18.8. The summed E-state index contributed by atoms with van der Waals surface area (Å²) in [4.78, 5) is 2.40. The second-order valence-corrected chi connectivity index (χ2v) is 18.3. The van der Waals surface area contributed by atoms with E-state index in [1.807, 2.05) is 0 Å². The molecule has 6 aromatic carbocycles. The number of anilines is 3. The van der Waals surface area contributed by atoms with E-state index in [-0.39, 0.29) is 5.41 Å². The van der Waals surface area contributed by atoms with Crippen LogP contribution in [0.1, 0.15) is 157 Å². The van der Waals surface area contributed by atoms with Crippen LogP contribution in [0.2, 0.25) is 0 Å². The van der Waals surface area contributed by atoms with Crippen LogP contribution in [0, 0.1) is 20.8 Å². The number of benzene rings is 6. The monoisotopic (exact) mass is 796 g/mol. The lowest BCUT2D eigenvalue weighted by molar-refractivity contribution is 0.396. The van der Waals surface area contributed by atoms with Crippen molar-refractivity contribution in [3.8, 4) is 33.8 Å². The van der Waals surface area contributed by atoms with Crippen molar-refractivity contribution in [2.24, 2.45) is 0 Å². The lowest BCUT2D eigenvalue weighted by atomic mass is 9.68. The predicted molar refractivity (Wildman–Crippen MR) is 259 cm³/mol. The van der Waals surface area contributed by atoms with Gasteiger partial charge in [-0.25, -0.2) is 0 Å². The van der Waals surface area contributed by atoms with Gasteiger partial charge >= 0.3 is 0 Å². The quantitative estimate of drug-likeness (QED) is 0.0756. The maximum absolute atomic E-state index is 6.94. The molecule has 0 radical (unpaired) electrons. The van der Waals surface area contributed by atoms with E-state index >= 15 is 0 Å². The molecule has 0 atom stereocenters. The number of ether oxygens (including phenoxy) is 1. The minimum atomic E-state index is -0.00364. The van der Waals surface area contributed by atoms with Crippen LogP contribution in [-0.4, -0.2) is 0 Å². The Labute approximate surface area is 362 Å². The lowest BCUT2D eigenvalue weighted by Crippen LogP contribution is -2.27. The largest absolute Gasteiger partial charge is 0.453 e. The van der Waals surface area contributed by atoms with Crippen LogP contribution in [-0.2, 0) is 11.8 Å². The first kappa shape index (κ1) is 41.9. The Hall–Kier alpha value is -4.82. The van der Waals surface area contributed by atoms with Crippen molar-refractivity contribution in [3.05, 3.63) is 137 Å². The third kappa shape index (κ3) is 8.16. The van der Waals surface area contributed by atoms with Crippen LogP contribution in [0.25, 0.3) is 33.0 Å². The Bertz CT molecular complexity index is 2400. The van der Waals surface area contributed by atoms with Gasteiger partial charge in [0.15, 0.2) is 11.5 Å². The van der Waals surface area contributed by atoms with Crippen molar-refractivity contribution >= 4 is 27.8 Å². The molecular weight excluding hydrogens is 727 g/mol. The first-order chi connectivity index (χ1) is 29.4. The summed E-state index contributed by atoms with van der Waals surface area (Å²) in [5, 5.41) is 2.72. The van der Waals surface area contributed by atoms with Crippen molar-refractivity contribution in [2.75, 3.05) is 4.90 Å². The van der Waals surface area contributed by atoms with Gasteiger partial charge in [-0.1, -0.05) is 177 Å². The standard InChI is InChI=1S/C58H69NO/c1-7-10-13-15-17-21-36-58(37-22-18-16-14-11-8-2)50-38-41(4)26-33-49(50)56-48-25-20-19-24-47(48)55(43(6)57(56)58)45-30-35-52-54(40-45)60-53-39-42(5)27-34-51(53)59(52)46-31-28-44(29-32-46)23-12-9-3/h19-20,24-35,38-40H,7-18,21-23,36-37H2,1-6H3. The summed E-state index contributed by atoms with van der Waals surface area (Å²) in [6, 6.07) is 39.6. The van der Waals surface area contributed by atoms with E-state index in [1.165, 1.54) is 164 Å². The average Bonchev–Trinajstić information content (AvgIpc) is 3.54. The Morgan fingerprint density at radius 3 is 1.75 bits per heavy atom.